The number of hydrogen-bond acceptors (Lipinski definition) is 3. The van der Waals surface area contributed by atoms with Crippen LogP contribution in [0, 0.1) is 34.0 Å². The number of allylic oxidation sites excluding steroid dienone is 1. The minimum Gasteiger partial charge on any atom is -0.396 e. The molecular formula is C20H32O3. The van der Waals surface area contributed by atoms with Crippen molar-refractivity contribution in [3.05, 3.63) is 12.2 Å². The molecule has 3 heteroatoms. The van der Waals surface area contributed by atoms with Gasteiger partial charge in [-0.05, 0) is 80.0 Å². The fourth-order valence-corrected chi connectivity index (χ4v) is 7.83. The molecule has 4 aliphatic carbocycles. The lowest BCUT2D eigenvalue weighted by molar-refractivity contribution is -0.200. The van der Waals surface area contributed by atoms with Crippen LogP contribution in [0.3, 0.4) is 0 Å². The van der Waals surface area contributed by atoms with E-state index in [1.54, 1.807) is 0 Å². The van der Waals surface area contributed by atoms with Gasteiger partial charge in [0.1, 0.15) is 0 Å². The Balaban J connectivity index is 1.75. The molecule has 6 atom stereocenters. The quantitative estimate of drug-likeness (QED) is 0.686. The maximum atomic E-state index is 10.6. The Labute approximate surface area is 139 Å². The molecule has 0 aromatic rings. The molecule has 4 rings (SSSR count). The lowest BCUT2D eigenvalue weighted by Gasteiger charge is -2.65. The predicted molar refractivity (Wildman–Crippen MR) is 89.7 cm³/mol. The van der Waals surface area contributed by atoms with Gasteiger partial charge in [-0.3, -0.25) is 0 Å². The number of rotatable bonds is 2. The fourth-order valence-electron chi connectivity index (χ4n) is 7.83. The van der Waals surface area contributed by atoms with E-state index in [1.165, 1.54) is 37.7 Å². The first kappa shape index (κ1) is 16.1. The Kier molecular flexibility index (Phi) is 3.54. The van der Waals surface area contributed by atoms with Crippen LogP contribution in [0.5, 0.6) is 0 Å². The zero-order valence-corrected chi connectivity index (χ0v) is 14.4. The van der Waals surface area contributed by atoms with Gasteiger partial charge < -0.3 is 15.3 Å². The third-order valence-electron chi connectivity index (χ3n) is 8.56. The van der Waals surface area contributed by atoms with Gasteiger partial charge in [0.25, 0.3) is 0 Å². The van der Waals surface area contributed by atoms with Crippen LogP contribution in [0.2, 0.25) is 0 Å². The van der Waals surface area contributed by atoms with Crippen LogP contribution in [0.1, 0.15) is 58.3 Å². The second-order valence-corrected chi connectivity index (χ2v) is 9.57. The van der Waals surface area contributed by atoms with E-state index < -0.39 is 11.5 Å². The third-order valence-corrected chi connectivity index (χ3v) is 8.56. The lowest BCUT2D eigenvalue weighted by atomic mass is 9.40. The first-order chi connectivity index (χ1) is 10.9. The molecule has 23 heavy (non-hydrogen) atoms. The summed E-state index contributed by atoms with van der Waals surface area (Å²) in [4.78, 5) is 0. The van der Waals surface area contributed by atoms with Gasteiger partial charge in [-0.25, -0.2) is 0 Å². The fraction of sp³-hybridized carbons (Fsp3) is 0.900. The van der Waals surface area contributed by atoms with Crippen molar-refractivity contribution in [3.63, 3.8) is 0 Å². The van der Waals surface area contributed by atoms with Crippen molar-refractivity contribution in [2.24, 2.45) is 34.0 Å². The topological polar surface area (TPSA) is 60.7 Å². The van der Waals surface area contributed by atoms with Crippen molar-refractivity contribution in [2.45, 2.75) is 64.4 Å². The largest absolute Gasteiger partial charge is 0.396 e. The maximum absolute atomic E-state index is 10.6. The smallest absolute Gasteiger partial charge is 0.0552 e. The minimum atomic E-state index is -0.500. The molecule has 0 aromatic carbocycles. The molecule has 0 unspecified atom stereocenters. The van der Waals surface area contributed by atoms with E-state index in [-0.39, 0.29) is 18.6 Å². The van der Waals surface area contributed by atoms with Gasteiger partial charge in [0.05, 0.1) is 19.3 Å². The zero-order chi connectivity index (χ0) is 16.5. The van der Waals surface area contributed by atoms with Crippen molar-refractivity contribution in [1.82, 2.24) is 0 Å². The van der Waals surface area contributed by atoms with Crippen molar-refractivity contribution < 1.29 is 15.3 Å². The van der Waals surface area contributed by atoms with E-state index >= 15 is 0 Å². The molecule has 1 spiro atoms. The molecular weight excluding hydrogens is 288 g/mol. The van der Waals surface area contributed by atoms with Gasteiger partial charge in [-0.15, -0.1) is 0 Å². The van der Waals surface area contributed by atoms with Crippen LogP contribution in [0.25, 0.3) is 0 Å². The number of hydrogen-bond donors (Lipinski definition) is 3. The lowest BCUT2D eigenvalue weighted by Crippen LogP contribution is -2.61. The molecule has 3 N–H and O–H groups in total. The molecule has 0 aliphatic heterocycles. The van der Waals surface area contributed by atoms with Gasteiger partial charge >= 0.3 is 0 Å². The van der Waals surface area contributed by atoms with Gasteiger partial charge in [-0.1, -0.05) is 19.1 Å². The Morgan fingerprint density at radius 3 is 2.48 bits per heavy atom. The first-order valence-electron chi connectivity index (χ1n) is 9.47. The Morgan fingerprint density at radius 1 is 1.04 bits per heavy atom. The average molecular weight is 320 g/mol. The van der Waals surface area contributed by atoms with Crippen LogP contribution in [-0.4, -0.2) is 34.6 Å². The van der Waals surface area contributed by atoms with Gasteiger partial charge in [0, 0.05) is 5.41 Å². The highest BCUT2D eigenvalue weighted by atomic mass is 16.3. The Morgan fingerprint density at radius 2 is 1.78 bits per heavy atom. The summed E-state index contributed by atoms with van der Waals surface area (Å²) < 4.78 is 0. The second kappa shape index (κ2) is 5.06. The highest BCUT2D eigenvalue weighted by Crippen LogP contribution is 2.72. The van der Waals surface area contributed by atoms with Gasteiger partial charge in [0.15, 0.2) is 0 Å². The summed E-state index contributed by atoms with van der Waals surface area (Å²) in [6.07, 6.45) is 8.23. The molecule has 4 aliphatic rings. The van der Waals surface area contributed by atoms with Crippen LogP contribution in [0.4, 0.5) is 0 Å². The summed E-state index contributed by atoms with van der Waals surface area (Å²) in [6, 6.07) is 0. The number of aliphatic hydroxyl groups excluding tert-OH is 3. The van der Waals surface area contributed by atoms with Crippen LogP contribution in [0.15, 0.2) is 12.2 Å². The predicted octanol–water partition coefficient (Wildman–Crippen LogP) is 2.89. The Bertz CT molecular complexity index is 511. The van der Waals surface area contributed by atoms with E-state index in [9.17, 15) is 15.3 Å². The normalized spacial score (nSPS) is 51.2. The SMILES string of the molecule is C=C1C[C@@]23CC[C@@H]4C(CO)(CO)C[C@@H](O)C[C@]4(C)[C@@H]2CC[C@@H]1C3. The summed E-state index contributed by atoms with van der Waals surface area (Å²) in [5.41, 5.74) is 1.39. The van der Waals surface area contributed by atoms with Crippen LogP contribution < -0.4 is 0 Å². The second-order valence-electron chi connectivity index (χ2n) is 9.57. The average Bonchev–Trinajstić information content (AvgIpc) is 2.74. The summed E-state index contributed by atoms with van der Waals surface area (Å²) in [5, 5.41) is 30.8. The Hall–Kier alpha value is -0.380. The molecule has 0 aromatic heterocycles. The van der Waals surface area contributed by atoms with Crippen LogP contribution in [-0.2, 0) is 0 Å². The minimum absolute atomic E-state index is 0.00410. The number of fused-ring (bicyclic) bond motifs is 3. The third kappa shape index (κ3) is 1.99. The summed E-state index contributed by atoms with van der Waals surface area (Å²) in [5.74, 6) is 1.66. The molecule has 2 bridgehead atoms. The number of aliphatic hydroxyl groups is 3. The van der Waals surface area contributed by atoms with Crippen molar-refractivity contribution >= 4 is 0 Å². The van der Waals surface area contributed by atoms with Crippen molar-refractivity contribution in [1.29, 1.82) is 0 Å². The summed E-state index contributed by atoms with van der Waals surface area (Å²) >= 11 is 0. The zero-order valence-electron chi connectivity index (χ0n) is 14.4. The van der Waals surface area contributed by atoms with Gasteiger partial charge in [0.2, 0.25) is 0 Å². The van der Waals surface area contributed by atoms with Crippen molar-refractivity contribution in [2.75, 3.05) is 13.2 Å². The molecule has 4 fully saturated rings. The molecule has 3 nitrogen and oxygen atoms in total. The van der Waals surface area contributed by atoms with E-state index in [0.717, 1.165) is 18.8 Å². The van der Waals surface area contributed by atoms with E-state index in [0.29, 0.717) is 23.7 Å². The van der Waals surface area contributed by atoms with Gasteiger partial charge in [-0.2, -0.15) is 0 Å². The first-order valence-corrected chi connectivity index (χ1v) is 9.47. The van der Waals surface area contributed by atoms with Crippen molar-refractivity contribution in [3.8, 4) is 0 Å². The highest BCUT2D eigenvalue weighted by Gasteiger charge is 2.65. The maximum Gasteiger partial charge on any atom is 0.0552 e. The molecule has 130 valence electrons. The van der Waals surface area contributed by atoms with E-state index in [1.807, 2.05) is 0 Å². The van der Waals surface area contributed by atoms with Crippen LogP contribution >= 0.6 is 0 Å². The molecule has 0 radical (unpaired) electrons. The molecule has 0 saturated heterocycles. The molecule has 4 saturated carbocycles. The summed E-state index contributed by atoms with van der Waals surface area (Å²) in [6.45, 7) is 6.70. The standard InChI is InChI=1S/C20H32O3/c1-13-7-19-6-5-17-18(2,16(19)4-3-14(13)8-19)9-15(23)10-20(17,11-21)12-22/h14-17,21-23H,1,3-12H2,2H3/t14-,15+,16+,17+,18-,19-/m1/s1. The summed E-state index contributed by atoms with van der Waals surface area (Å²) in [7, 11) is 0. The van der Waals surface area contributed by atoms with E-state index in [4.69, 9.17) is 0 Å². The monoisotopic (exact) mass is 320 g/mol. The van der Waals surface area contributed by atoms with E-state index in [2.05, 4.69) is 13.5 Å². The highest BCUT2D eigenvalue weighted by molar-refractivity contribution is 5.22. The molecule has 0 amide bonds. The molecule has 0 heterocycles.